The molecule has 1 N–H and O–H groups in total. The summed E-state index contributed by atoms with van der Waals surface area (Å²) >= 11 is 0. The Morgan fingerprint density at radius 1 is 1.17 bits per heavy atom. The van der Waals surface area contributed by atoms with Gasteiger partial charge < -0.3 is 14.2 Å². The molecule has 0 aliphatic heterocycles. The van der Waals surface area contributed by atoms with Crippen molar-refractivity contribution in [2.24, 2.45) is 7.05 Å². The second kappa shape index (κ2) is 6.56. The van der Waals surface area contributed by atoms with Crippen LogP contribution in [0, 0.1) is 0 Å². The Hall–Kier alpha value is -2.48. The van der Waals surface area contributed by atoms with Crippen LogP contribution in [-0.4, -0.2) is 40.4 Å². The molecular formula is C16H21N3O4S. The molecule has 0 saturated carbocycles. The molecule has 0 spiro atoms. The van der Waals surface area contributed by atoms with Gasteiger partial charge in [-0.2, -0.15) is 0 Å². The minimum absolute atomic E-state index is 0.105. The molecule has 0 bridgehead atoms. The highest BCUT2D eigenvalue weighted by molar-refractivity contribution is 7.92. The molecule has 2 aromatic rings. The maximum atomic E-state index is 12.2. The molecule has 0 atom stereocenters. The van der Waals surface area contributed by atoms with E-state index in [-0.39, 0.29) is 5.56 Å². The summed E-state index contributed by atoms with van der Waals surface area (Å²) in [6, 6.07) is 6.95. The van der Waals surface area contributed by atoms with E-state index in [1.54, 1.807) is 50.4 Å². The Balaban J connectivity index is 2.61. The van der Waals surface area contributed by atoms with Crippen LogP contribution in [0.2, 0.25) is 0 Å². The third-order valence-electron chi connectivity index (χ3n) is 3.47. The van der Waals surface area contributed by atoms with E-state index in [9.17, 15) is 13.2 Å². The first-order valence-corrected chi connectivity index (χ1v) is 9.05. The van der Waals surface area contributed by atoms with Gasteiger partial charge in [0.05, 0.1) is 19.1 Å². The zero-order valence-corrected chi connectivity index (χ0v) is 15.1. The minimum atomic E-state index is -3.44. The van der Waals surface area contributed by atoms with E-state index in [1.165, 1.54) is 11.7 Å². The highest BCUT2D eigenvalue weighted by Crippen LogP contribution is 2.31. The van der Waals surface area contributed by atoms with Crippen LogP contribution in [0.4, 0.5) is 11.4 Å². The zero-order valence-electron chi connectivity index (χ0n) is 14.3. The van der Waals surface area contributed by atoms with Gasteiger partial charge in [0.2, 0.25) is 10.0 Å². The van der Waals surface area contributed by atoms with Crippen LogP contribution >= 0.6 is 0 Å². The molecule has 130 valence electrons. The molecule has 24 heavy (non-hydrogen) atoms. The highest BCUT2D eigenvalue weighted by Gasteiger charge is 2.12. The van der Waals surface area contributed by atoms with Gasteiger partial charge in [-0.25, -0.2) is 8.42 Å². The standard InChI is InChI=1S/C16H21N3O4S/c1-18(2)14-9-12(10-19(3)16(14)20)11-6-7-15(23-4)13(8-11)17-24(5,21)22/h6-10,17H,1-5H3. The van der Waals surface area contributed by atoms with Gasteiger partial charge in [-0.15, -0.1) is 0 Å². The van der Waals surface area contributed by atoms with E-state index in [1.807, 2.05) is 6.07 Å². The number of aryl methyl sites for hydroxylation is 1. The lowest BCUT2D eigenvalue weighted by molar-refractivity contribution is 0.417. The first kappa shape index (κ1) is 17.9. The summed E-state index contributed by atoms with van der Waals surface area (Å²) in [4.78, 5) is 13.9. The molecule has 0 radical (unpaired) electrons. The Kier molecular flexibility index (Phi) is 4.88. The van der Waals surface area contributed by atoms with Crippen molar-refractivity contribution in [3.05, 3.63) is 40.8 Å². The van der Waals surface area contributed by atoms with Gasteiger partial charge in [-0.1, -0.05) is 6.07 Å². The van der Waals surface area contributed by atoms with E-state index < -0.39 is 10.0 Å². The van der Waals surface area contributed by atoms with Crippen molar-refractivity contribution in [1.82, 2.24) is 4.57 Å². The third kappa shape index (κ3) is 3.88. The number of pyridine rings is 1. The lowest BCUT2D eigenvalue weighted by Gasteiger charge is -2.16. The molecule has 1 heterocycles. The molecule has 0 aliphatic rings. The largest absolute Gasteiger partial charge is 0.495 e. The number of hydrogen-bond donors (Lipinski definition) is 1. The lowest BCUT2D eigenvalue weighted by atomic mass is 10.1. The molecule has 1 aromatic carbocycles. The summed E-state index contributed by atoms with van der Waals surface area (Å²) in [5.74, 6) is 0.418. The van der Waals surface area contributed by atoms with Crippen LogP contribution < -0.4 is 19.9 Å². The second-order valence-corrected chi connectivity index (χ2v) is 7.46. The van der Waals surface area contributed by atoms with Crippen molar-refractivity contribution in [1.29, 1.82) is 0 Å². The van der Waals surface area contributed by atoms with Crippen molar-refractivity contribution < 1.29 is 13.2 Å². The molecule has 0 amide bonds. The Bertz CT molecular complexity index is 917. The fourth-order valence-corrected chi connectivity index (χ4v) is 2.90. The number of nitrogens with zero attached hydrogens (tertiary/aromatic N) is 2. The van der Waals surface area contributed by atoms with Crippen LogP contribution in [0.3, 0.4) is 0 Å². The molecular weight excluding hydrogens is 330 g/mol. The maximum absolute atomic E-state index is 12.2. The summed E-state index contributed by atoms with van der Waals surface area (Å²) in [7, 11) is 3.30. The normalized spacial score (nSPS) is 11.2. The summed E-state index contributed by atoms with van der Waals surface area (Å²) in [6.07, 6.45) is 2.79. The summed E-state index contributed by atoms with van der Waals surface area (Å²) in [5.41, 5.74) is 2.34. The van der Waals surface area contributed by atoms with E-state index in [2.05, 4.69) is 4.72 Å². The minimum Gasteiger partial charge on any atom is -0.495 e. The van der Waals surface area contributed by atoms with E-state index in [0.717, 1.165) is 17.4 Å². The number of anilines is 2. The average molecular weight is 351 g/mol. The average Bonchev–Trinajstić information content (AvgIpc) is 2.47. The van der Waals surface area contributed by atoms with Crippen molar-refractivity contribution >= 4 is 21.4 Å². The topological polar surface area (TPSA) is 80.6 Å². The van der Waals surface area contributed by atoms with Crippen LogP contribution in [-0.2, 0) is 17.1 Å². The zero-order chi connectivity index (χ0) is 18.1. The lowest BCUT2D eigenvalue weighted by Crippen LogP contribution is -2.25. The number of benzene rings is 1. The monoisotopic (exact) mass is 351 g/mol. The van der Waals surface area contributed by atoms with E-state index in [4.69, 9.17) is 4.74 Å². The Morgan fingerprint density at radius 3 is 2.38 bits per heavy atom. The number of ether oxygens (including phenoxy) is 1. The number of sulfonamides is 1. The Labute approximate surface area is 141 Å². The molecule has 2 rings (SSSR count). The van der Waals surface area contributed by atoms with Crippen LogP contribution in [0.5, 0.6) is 5.75 Å². The smallest absolute Gasteiger partial charge is 0.273 e. The quantitative estimate of drug-likeness (QED) is 0.883. The van der Waals surface area contributed by atoms with Gasteiger partial charge in [0.15, 0.2) is 0 Å². The van der Waals surface area contributed by atoms with Gasteiger partial charge in [-0.05, 0) is 23.8 Å². The third-order valence-corrected chi connectivity index (χ3v) is 4.07. The number of hydrogen-bond acceptors (Lipinski definition) is 5. The predicted octanol–water partition coefficient (Wildman–Crippen LogP) is 1.50. The first-order chi connectivity index (χ1) is 11.1. The van der Waals surface area contributed by atoms with Crippen LogP contribution in [0.1, 0.15) is 0 Å². The summed E-state index contributed by atoms with van der Waals surface area (Å²) < 4.78 is 32.2. The van der Waals surface area contributed by atoms with Crippen molar-refractivity contribution in [3.63, 3.8) is 0 Å². The molecule has 1 aromatic heterocycles. The molecule has 0 unspecified atom stereocenters. The summed E-state index contributed by atoms with van der Waals surface area (Å²) in [5, 5.41) is 0. The van der Waals surface area contributed by atoms with Crippen molar-refractivity contribution in [2.75, 3.05) is 37.1 Å². The number of methoxy groups -OCH3 is 1. The number of rotatable bonds is 5. The Morgan fingerprint density at radius 2 is 1.83 bits per heavy atom. The first-order valence-electron chi connectivity index (χ1n) is 7.16. The number of nitrogens with one attached hydrogen (secondary N) is 1. The van der Waals surface area contributed by atoms with Gasteiger partial charge in [0, 0.05) is 32.9 Å². The molecule has 7 nitrogen and oxygen atoms in total. The second-order valence-electron chi connectivity index (χ2n) is 5.71. The van der Waals surface area contributed by atoms with Crippen LogP contribution in [0.25, 0.3) is 11.1 Å². The van der Waals surface area contributed by atoms with Gasteiger partial charge >= 0.3 is 0 Å². The fourth-order valence-electron chi connectivity index (χ4n) is 2.34. The molecule has 0 fully saturated rings. The van der Waals surface area contributed by atoms with Gasteiger partial charge in [0.1, 0.15) is 11.4 Å². The maximum Gasteiger partial charge on any atom is 0.273 e. The van der Waals surface area contributed by atoms with Crippen molar-refractivity contribution in [2.45, 2.75) is 0 Å². The fraction of sp³-hybridized carbons (Fsp3) is 0.312. The molecule has 8 heteroatoms. The van der Waals surface area contributed by atoms with Gasteiger partial charge in [-0.3, -0.25) is 9.52 Å². The highest BCUT2D eigenvalue weighted by atomic mass is 32.2. The SMILES string of the molecule is COc1ccc(-c2cc(N(C)C)c(=O)n(C)c2)cc1NS(C)(=O)=O. The van der Waals surface area contributed by atoms with Crippen LogP contribution in [0.15, 0.2) is 35.3 Å². The predicted molar refractivity (Wildman–Crippen MR) is 96.5 cm³/mol. The summed E-state index contributed by atoms with van der Waals surface area (Å²) in [6.45, 7) is 0. The van der Waals surface area contributed by atoms with E-state index >= 15 is 0 Å². The molecule has 0 aliphatic carbocycles. The van der Waals surface area contributed by atoms with Gasteiger partial charge in [0.25, 0.3) is 5.56 Å². The number of aromatic nitrogens is 1. The van der Waals surface area contributed by atoms with Crippen molar-refractivity contribution in [3.8, 4) is 16.9 Å². The molecule has 0 saturated heterocycles. The van der Waals surface area contributed by atoms with E-state index in [0.29, 0.717) is 17.1 Å².